The Hall–Kier alpha value is -0.850. The van der Waals surface area contributed by atoms with Crippen LogP contribution in [0.4, 0.5) is 4.39 Å². The van der Waals surface area contributed by atoms with E-state index >= 15 is 0 Å². The highest BCUT2D eigenvalue weighted by Gasteiger charge is 2.34. The molecule has 8 heteroatoms. The number of alkyl halides is 1. The average Bonchev–Trinajstić information content (AvgIpc) is 3.09. The lowest BCUT2D eigenvalue weighted by atomic mass is 9.95. The van der Waals surface area contributed by atoms with Gasteiger partial charge in [-0.1, -0.05) is 0 Å². The first-order chi connectivity index (χ1) is 9.24. The zero-order chi connectivity index (χ0) is 13.2. The lowest BCUT2D eigenvalue weighted by Gasteiger charge is -2.32. The molecule has 1 aromatic heterocycles. The summed E-state index contributed by atoms with van der Waals surface area (Å²) in [6.07, 6.45) is 4.87. The van der Waals surface area contributed by atoms with Crippen molar-refractivity contribution in [3.05, 3.63) is 18.2 Å². The molecule has 0 aromatic carbocycles. The third-order valence-corrected chi connectivity index (χ3v) is 4.09. The van der Waals surface area contributed by atoms with Gasteiger partial charge in [0.15, 0.2) is 0 Å². The number of amides is 1. The molecule has 2 aliphatic heterocycles. The molecule has 0 spiro atoms. The van der Waals surface area contributed by atoms with Gasteiger partial charge in [0.05, 0.1) is 6.04 Å². The third kappa shape index (κ3) is 4.08. The van der Waals surface area contributed by atoms with Crippen molar-refractivity contribution in [1.82, 2.24) is 20.2 Å². The molecule has 1 amide bonds. The van der Waals surface area contributed by atoms with Crippen LogP contribution in [0.25, 0.3) is 0 Å². The second-order valence-corrected chi connectivity index (χ2v) is 5.37. The lowest BCUT2D eigenvalue weighted by molar-refractivity contribution is -0.134. The molecule has 0 aliphatic carbocycles. The van der Waals surface area contributed by atoms with Crippen LogP contribution in [0.1, 0.15) is 31.0 Å². The standard InChI is InChI=1S/C13H19FN4O.2ClH/c14-10-7-11(17-8-10)13(19)18-5-1-9(2-6-18)12-15-3-4-16-12;;/h3-4,9-11,17H,1-2,5-8H2,(H,15,16);2*1H/t10-,11+;;/m0../s1. The minimum atomic E-state index is -0.880. The van der Waals surface area contributed by atoms with Gasteiger partial charge in [-0.3, -0.25) is 4.79 Å². The molecule has 0 saturated carbocycles. The SMILES string of the molecule is Cl.Cl.O=C([C@H]1C[C@H](F)CN1)N1CCC(c2ncc[nH]2)CC1. The number of halogens is 3. The number of imidazole rings is 1. The van der Waals surface area contributed by atoms with Crippen molar-refractivity contribution in [2.24, 2.45) is 0 Å². The Morgan fingerprint density at radius 3 is 2.57 bits per heavy atom. The van der Waals surface area contributed by atoms with E-state index in [-0.39, 0.29) is 36.8 Å². The Bertz CT molecular complexity index is 437. The zero-order valence-corrected chi connectivity index (χ0v) is 13.3. The smallest absolute Gasteiger partial charge is 0.239 e. The summed E-state index contributed by atoms with van der Waals surface area (Å²) in [4.78, 5) is 21.5. The average molecular weight is 339 g/mol. The summed E-state index contributed by atoms with van der Waals surface area (Å²) in [7, 11) is 0. The largest absolute Gasteiger partial charge is 0.348 e. The minimum Gasteiger partial charge on any atom is -0.348 e. The zero-order valence-electron chi connectivity index (χ0n) is 11.6. The van der Waals surface area contributed by atoms with Gasteiger partial charge in [0.1, 0.15) is 12.0 Å². The van der Waals surface area contributed by atoms with E-state index in [4.69, 9.17) is 0 Å². The fourth-order valence-electron chi connectivity index (χ4n) is 2.98. The molecule has 3 rings (SSSR count). The van der Waals surface area contributed by atoms with E-state index in [2.05, 4.69) is 15.3 Å². The van der Waals surface area contributed by atoms with Crippen LogP contribution < -0.4 is 5.32 Å². The molecule has 2 atom stereocenters. The number of hydrogen-bond acceptors (Lipinski definition) is 3. The summed E-state index contributed by atoms with van der Waals surface area (Å²) in [5.41, 5.74) is 0. The molecule has 120 valence electrons. The van der Waals surface area contributed by atoms with Gasteiger partial charge in [-0.2, -0.15) is 0 Å². The fourth-order valence-corrected chi connectivity index (χ4v) is 2.98. The first-order valence-corrected chi connectivity index (χ1v) is 6.89. The Labute approximate surface area is 135 Å². The Morgan fingerprint density at radius 2 is 2.05 bits per heavy atom. The van der Waals surface area contributed by atoms with Gasteiger partial charge in [-0.05, 0) is 12.8 Å². The first-order valence-electron chi connectivity index (χ1n) is 6.89. The summed E-state index contributed by atoms with van der Waals surface area (Å²) < 4.78 is 13.1. The Kier molecular flexibility index (Phi) is 6.90. The van der Waals surface area contributed by atoms with E-state index < -0.39 is 6.17 Å². The summed E-state index contributed by atoms with van der Waals surface area (Å²) in [5.74, 6) is 1.47. The molecular weight excluding hydrogens is 318 g/mol. The number of H-pyrrole nitrogens is 1. The topological polar surface area (TPSA) is 61.0 Å². The highest BCUT2D eigenvalue weighted by molar-refractivity contribution is 5.85. The van der Waals surface area contributed by atoms with Gasteiger partial charge in [-0.15, -0.1) is 24.8 Å². The monoisotopic (exact) mass is 338 g/mol. The van der Waals surface area contributed by atoms with Crippen LogP contribution in [0.5, 0.6) is 0 Å². The highest BCUT2D eigenvalue weighted by Crippen LogP contribution is 2.26. The molecule has 0 unspecified atom stereocenters. The Balaban J connectivity index is 0.00000110. The number of piperidine rings is 1. The van der Waals surface area contributed by atoms with Crippen LogP contribution >= 0.6 is 24.8 Å². The van der Waals surface area contributed by atoms with Crippen LogP contribution in [0.2, 0.25) is 0 Å². The highest BCUT2D eigenvalue weighted by atomic mass is 35.5. The Morgan fingerprint density at radius 1 is 1.33 bits per heavy atom. The third-order valence-electron chi connectivity index (χ3n) is 4.09. The van der Waals surface area contributed by atoms with Crippen LogP contribution in [0, 0.1) is 0 Å². The molecule has 1 aromatic rings. The second kappa shape index (κ2) is 7.96. The van der Waals surface area contributed by atoms with Crippen LogP contribution in [0.3, 0.4) is 0 Å². The van der Waals surface area contributed by atoms with Crippen molar-refractivity contribution in [1.29, 1.82) is 0 Å². The van der Waals surface area contributed by atoms with Gasteiger partial charge in [0, 0.05) is 44.4 Å². The van der Waals surface area contributed by atoms with E-state index in [9.17, 15) is 9.18 Å². The maximum absolute atomic E-state index is 13.1. The number of aromatic amines is 1. The van der Waals surface area contributed by atoms with E-state index in [1.807, 2.05) is 11.1 Å². The van der Waals surface area contributed by atoms with Crippen molar-refractivity contribution in [2.75, 3.05) is 19.6 Å². The van der Waals surface area contributed by atoms with E-state index in [0.717, 1.165) is 31.8 Å². The van der Waals surface area contributed by atoms with Crippen molar-refractivity contribution in [3.63, 3.8) is 0 Å². The van der Waals surface area contributed by atoms with Gasteiger partial charge in [0.2, 0.25) is 5.91 Å². The van der Waals surface area contributed by atoms with E-state index in [1.54, 1.807) is 6.20 Å². The van der Waals surface area contributed by atoms with Crippen molar-refractivity contribution in [2.45, 2.75) is 37.4 Å². The summed E-state index contributed by atoms with van der Waals surface area (Å²) in [6, 6.07) is -0.324. The van der Waals surface area contributed by atoms with Gasteiger partial charge in [0.25, 0.3) is 0 Å². The molecule has 2 aliphatic rings. The molecule has 2 saturated heterocycles. The van der Waals surface area contributed by atoms with Crippen molar-refractivity contribution < 1.29 is 9.18 Å². The molecule has 0 bridgehead atoms. The number of nitrogens with zero attached hydrogens (tertiary/aromatic N) is 2. The molecule has 2 N–H and O–H groups in total. The molecule has 3 heterocycles. The number of carbonyl (C=O) groups is 1. The maximum atomic E-state index is 13.1. The number of aromatic nitrogens is 2. The van der Waals surface area contributed by atoms with Crippen molar-refractivity contribution >= 4 is 30.7 Å². The van der Waals surface area contributed by atoms with Gasteiger partial charge in [-0.25, -0.2) is 9.37 Å². The predicted molar refractivity (Wildman–Crippen MR) is 82.9 cm³/mol. The number of likely N-dealkylation sites (tertiary alicyclic amines) is 1. The molecule has 21 heavy (non-hydrogen) atoms. The first kappa shape index (κ1) is 18.2. The molecule has 2 fully saturated rings. The maximum Gasteiger partial charge on any atom is 0.239 e. The van der Waals surface area contributed by atoms with Crippen LogP contribution in [0.15, 0.2) is 12.4 Å². The number of carbonyl (C=O) groups excluding carboxylic acids is 1. The minimum absolute atomic E-state index is 0. The molecule has 5 nitrogen and oxygen atoms in total. The quantitative estimate of drug-likeness (QED) is 0.862. The lowest BCUT2D eigenvalue weighted by Crippen LogP contribution is -2.46. The summed E-state index contributed by atoms with van der Waals surface area (Å²) in [5, 5.41) is 2.96. The number of nitrogens with one attached hydrogen (secondary N) is 2. The van der Waals surface area contributed by atoms with Crippen LogP contribution in [-0.4, -0.2) is 52.6 Å². The van der Waals surface area contributed by atoms with Gasteiger partial charge < -0.3 is 15.2 Å². The second-order valence-electron chi connectivity index (χ2n) is 5.37. The molecular formula is C13H21Cl2FN4O. The van der Waals surface area contributed by atoms with Crippen LogP contribution in [-0.2, 0) is 4.79 Å². The van der Waals surface area contributed by atoms with Crippen molar-refractivity contribution in [3.8, 4) is 0 Å². The number of rotatable bonds is 2. The predicted octanol–water partition coefficient (Wildman–Crippen LogP) is 1.66. The fraction of sp³-hybridized carbons (Fsp3) is 0.692. The van der Waals surface area contributed by atoms with E-state index in [0.29, 0.717) is 18.9 Å². The van der Waals surface area contributed by atoms with E-state index in [1.165, 1.54) is 0 Å². The normalized spacial score (nSPS) is 26.0. The summed E-state index contributed by atoms with van der Waals surface area (Å²) in [6.45, 7) is 1.78. The molecule has 0 radical (unpaired) electrons. The number of hydrogen-bond donors (Lipinski definition) is 2. The van der Waals surface area contributed by atoms with Gasteiger partial charge >= 0.3 is 0 Å². The summed E-state index contributed by atoms with van der Waals surface area (Å²) >= 11 is 0.